The molecule has 1 fully saturated rings. The predicted molar refractivity (Wildman–Crippen MR) is 117 cm³/mol. The molecule has 0 spiro atoms. The molecule has 0 atom stereocenters. The minimum Gasteiger partial charge on any atom is -0.450 e. The van der Waals surface area contributed by atoms with Gasteiger partial charge in [-0.1, -0.05) is 76.8 Å². The molecular formula is C25H39F2NO2. The monoisotopic (exact) mass is 423 g/mol. The summed E-state index contributed by atoms with van der Waals surface area (Å²) in [6, 6.07) is 3.37. The number of unbranched alkanes of at least 4 members (excludes halogenated alkanes) is 7. The van der Waals surface area contributed by atoms with Crippen molar-refractivity contribution in [1.29, 1.82) is 0 Å². The number of amides is 1. The van der Waals surface area contributed by atoms with Gasteiger partial charge in [0.2, 0.25) is 0 Å². The summed E-state index contributed by atoms with van der Waals surface area (Å²) in [5.74, 6) is -1.58. The van der Waals surface area contributed by atoms with Crippen molar-refractivity contribution in [1.82, 2.24) is 4.90 Å². The number of hydrogen-bond acceptors (Lipinski definition) is 2. The van der Waals surface area contributed by atoms with Crippen LogP contribution in [-0.2, 0) is 17.7 Å². The largest absolute Gasteiger partial charge is 0.450 e. The van der Waals surface area contributed by atoms with Gasteiger partial charge in [0.25, 0.3) is 0 Å². The molecule has 0 aliphatic heterocycles. The zero-order chi connectivity index (χ0) is 21.8. The summed E-state index contributed by atoms with van der Waals surface area (Å²) in [6.07, 6.45) is 13.4. The second kappa shape index (κ2) is 13.6. The first-order chi connectivity index (χ1) is 14.6. The van der Waals surface area contributed by atoms with Gasteiger partial charge in [0, 0.05) is 11.6 Å². The minimum atomic E-state index is -0.820. The van der Waals surface area contributed by atoms with Gasteiger partial charge in [-0.2, -0.15) is 0 Å². The number of carbonyl (C=O) groups is 1. The van der Waals surface area contributed by atoms with Crippen LogP contribution in [0, 0.1) is 11.6 Å². The summed E-state index contributed by atoms with van der Waals surface area (Å²) in [5.41, 5.74) is 0.665. The summed E-state index contributed by atoms with van der Waals surface area (Å²) in [7, 11) is 0. The van der Waals surface area contributed by atoms with Crippen LogP contribution in [0.5, 0.6) is 0 Å². The molecule has 1 saturated carbocycles. The van der Waals surface area contributed by atoms with Crippen molar-refractivity contribution >= 4 is 6.09 Å². The quantitative estimate of drug-likeness (QED) is 0.307. The van der Waals surface area contributed by atoms with Crippen LogP contribution in [-0.4, -0.2) is 23.6 Å². The highest BCUT2D eigenvalue weighted by Gasteiger charge is 2.29. The summed E-state index contributed by atoms with van der Waals surface area (Å²) in [5, 5.41) is 0. The van der Waals surface area contributed by atoms with Crippen molar-refractivity contribution in [3.63, 3.8) is 0 Å². The zero-order valence-electron chi connectivity index (χ0n) is 18.9. The van der Waals surface area contributed by atoms with Gasteiger partial charge >= 0.3 is 6.09 Å². The van der Waals surface area contributed by atoms with Crippen molar-refractivity contribution in [3.8, 4) is 0 Å². The molecule has 1 aliphatic rings. The fourth-order valence-electron chi connectivity index (χ4n) is 4.34. The first kappa shape index (κ1) is 24.6. The van der Waals surface area contributed by atoms with E-state index in [4.69, 9.17) is 4.74 Å². The van der Waals surface area contributed by atoms with Gasteiger partial charge in [-0.15, -0.1) is 0 Å². The molecule has 1 aromatic carbocycles. The molecule has 0 unspecified atom stereocenters. The zero-order valence-corrected chi connectivity index (χ0v) is 18.9. The van der Waals surface area contributed by atoms with E-state index < -0.39 is 17.7 Å². The van der Waals surface area contributed by atoms with Crippen LogP contribution in [0.4, 0.5) is 13.6 Å². The number of halogens is 2. The summed E-state index contributed by atoms with van der Waals surface area (Å²) in [6.45, 7) is 4.30. The third-order valence-electron chi connectivity index (χ3n) is 6.15. The van der Waals surface area contributed by atoms with E-state index in [1.165, 1.54) is 32.1 Å². The van der Waals surface area contributed by atoms with Crippen LogP contribution >= 0.6 is 0 Å². The van der Waals surface area contributed by atoms with Crippen molar-refractivity contribution in [2.45, 2.75) is 110 Å². The molecule has 30 heavy (non-hydrogen) atoms. The van der Waals surface area contributed by atoms with Gasteiger partial charge < -0.3 is 9.64 Å². The van der Waals surface area contributed by atoms with Gasteiger partial charge in [-0.3, -0.25) is 0 Å². The highest BCUT2D eigenvalue weighted by molar-refractivity contribution is 5.68. The number of carbonyl (C=O) groups excluding carboxylic acids is 1. The van der Waals surface area contributed by atoms with E-state index in [2.05, 4.69) is 6.92 Å². The van der Waals surface area contributed by atoms with E-state index in [-0.39, 0.29) is 24.8 Å². The molecule has 0 N–H and O–H groups in total. The molecule has 0 heterocycles. The molecule has 170 valence electrons. The van der Waals surface area contributed by atoms with Crippen LogP contribution in [0.1, 0.15) is 102 Å². The predicted octanol–water partition coefficient (Wildman–Crippen LogP) is 7.55. The normalized spacial score (nSPS) is 14.3. The Balaban J connectivity index is 1.90. The second-order valence-corrected chi connectivity index (χ2v) is 8.50. The number of rotatable bonds is 13. The third kappa shape index (κ3) is 7.55. The lowest BCUT2D eigenvalue weighted by Crippen LogP contribution is -2.39. The molecule has 5 heteroatoms. The number of ether oxygens (including phenoxy) is 1. The molecule has 0 aromatic heterocycles. The third-order valence-corrected chi connectivity index (χ3v) is 6.15. The van der Waals surface area contributed by atoms with Gasteiger partial charge in [-0.05, 0) is 38.2 Å². The van der Waals surface area contributed by atoms with Crippen molar-refractivity contribution in [2.24, 2.45) is 0 Å². The second-order valence-electron chi connectivity index (χ2n) is 8.50. The van der Waals surface area contributed by atoms with Crippen molar-refractivity contribution < 1.29 is 18.3 Å². The van der Waals surface area contributed by atoms with Gasteiger partial charge in [-0.25, -0.2) is 13.6 Å². The number of nitrogens with zero attached hydrogens (tertiary/aromatic N) is 1. The molecule has 1 amide bonds. The molecular weight excluding hydrogens is 384 g/mol. The Labute approximate surface area is 181 Å². The maximum absolute atomic E-state index is 14.8. The van der Waals surface area contributed by atoms with Crippen LogP contribution in [0.25, 0.3) is 0 Å². The van der Waals surface area contributed by atoms with Gasteiger partial charge in [0.15, 0.2) is 11.6 Å². The smallest absolute Gasteiger partial charge is 0.410 e. The highest BCUT2D eigenvalue weighted by Crippen LogP contribution is 2.27. The van der Waals surface area contributed by atoms with Crippen molar-refractivity contribution in [2.75, 3.05) is 6.61 Å². The van der Waals surface area contributed by atoms with E-state index in [0.29, 0.717) is 12.0 Å². The topological polar surface area (TPSA) is 29.5 Å². The molecule has 3 nitrogen and oxygen atoms in total. The van der Waals surface area contributed by atoms with Crippen LogP contribution < -0.4 is 0 Å². The molecule has 1 aliphatic carbocycles. The molecule has 1 aromatic rings. The number of hydrogen-bond donors (Lipinski definition) is 0. The minimum absolute atomic E-state index is 0.0449. The van der Waals surface area contributed by atoms with Gasteiger partial charge in [0.05, 0.1) is 13.2 Å². The average molecular weight is 424 g/mol. The standard InChI is InChI=1S/C25H39F2NO2/c1-3-5-6-7-8-9-10-11-14-20-17-18-21(24(27)23(20)26)19-28(25(29)30-4-2)22-15-12-13-16-22/h17-18,22H,3-16,19H2,1-2H3. The summed E-state index contributed by atoms with van der Waals surface area (Å²) < 4.78 is 34.6. The lowest BCUT2D eigenvalue weighted by molar-refractivity contribution is 0.0869. The van der Waals surface area contributed by atoms with Crippen LogP contribution in [0.3, 0.4) is 0 Å². The average Bonchev–Trinajstić information content (AvgIpc) is 3.27. The maximum atomic E-state index is 14.8. The molecule has 2 rings (SSSR count). The molecule has 0 saturated heterocycles. The Morgan fingerprint density at radius 1 is 0.933 bits per heavy atom. The number of aryl methyl sites for hydroxylation is 1. The van der Waals surface area contributed by atoms with Crippen LogP contribution in [0.15, 0.2) is 12.1 Å². The summed E-state index contributed by atoms with van der Waals surface area (Å²) >= 11 is 0. The first-order valence-electron chi connectivity index (χ1n) is 12.0. The molecule has 0 radical (unpaired) electrons. The van der Waals surface area contributed by atoms with E-state index in [0.717, 1.165) is 44.9 Å². The highest BCUT2D eigenvalue weighted by atomic mass is 19.2. The maximum Gasteiger partial charge on any atom is 0.410 e. The Kier molecular flexibility index (Phi) is 11.2. The Hall–Kier alpha value is -1.65. The lowest BCUT2D eigenvalue weighted by Gasteiger charge is -2.28. The Morgan fingerprint density at radius 3 is 2.13 bits per heavy atom. The van der Waals surface area contributed by atoms with Gasteiger partial charge in [0.1, 0.15) is 0 Å². The van der Waals surface area contributed by atoms with E-state index in [1.807, 2.05) is 0 Å². The van der Waals surface area contributed by atoms with E-state index in [1.54, 1.807) is 24.0 Å². The first-order valence-corrected chi connectivity index (χ1v) is 12.0. The van der Waals surface area contributed by atoms with Crippen molar-refractivity contribution in [3.05, 3.63) is 34.9 Å². The lowest BCUT2D eigenvalue weighted by atomic mass is 10.0. The summed E-state index contributed by atoms with van der Waals surface area (Å²) in [4.78, 5) is 13.9. The fraction of sp³-hybridized carbons (Fsp3) is 0.720. The molecule has 0 bridgehead atoms. The van der Waals surface area contributed by atoms with E-state index >= 15 is 0 Å². The Bertz CT molecular complexity index is 644. The van der Waals surface area contributed by atoms with Crippen LogP contribution in [0.2, 0.25) is 0 Å². The fourth-order valence-corrected chi connectivity index (χ4v) is 4.34. The van der Waals surface area contributed by atoms with E-state index in [9.17, 15) is 13.6 Å². The SMILES string of the molecule is CCCCCCCCCCc1ccc(CN(C(=O)OCC)C2CCCC2)c(F)c1F. The number of benzene rings is 1. The Morgan fingerprint density at radius 2 is 1.50 bits per heavy atom.